The van der Waals surface area contributed by atoms with Crippen LogP contribution in [0, 0.1) is 0 Å². The third-order valence-electron chi connectivity index (χ3n) is 4.89. The quantitative estimate of drug-likeness (QED) is 0.557. The van der Waals surface area contributed by atoms with Crippen molar-refractivity contribution in [2.24, 2.45) is 0 Å². The van der Waals surface area contributed by atoms with Crippen molar-refractivity contribution in [2.75, 3.05) is 34.8 Å². The van der Waals surface area contributed by atoms with Gasteiger partial charge in [-0.05, 0) is 54.4 Å². The molecular weight excluding hydrogens is 402 g/mol. The number of rotatable bonds is 5. The molecule has 1 aromatic heterocycles. The van der Waals surface area contributed by atoms with Crippen LogP contribution < -0.4 is 26.0 Å². The number of nitrogens with two attached hydrogens (primary N) is 1. The van der Waals surface area contributed by atoms with Gasteiger partial charge >= 0.3 is 6.03 Å². The highest BCUT2D eigenvalue weighted by Gasteiger charge is 2.22. The molecule has 1 aliphatic rings. The lowest BCUT2D eigenvalue weighted by molar-refractivity contribution is 0.262. The Balaban J connectivity index is 1.49. The minimum absolute atomic E-state index is 0.00404. The Morgan fingerprint density at radius 2 is 2.13 bits per heavy atom. The zero-order valence-corrected chi connectivity index (χ0v) is 16.7. The number of carbonyl (C=O) groups is 1. The number of aromatic nitrogens is 1. The summed E-state index contributed by atoms with van der Waals surface area (Å²) < 4.78 is 26.9. The van der Waals surface area contributed by atoms with Gasteiger partial charge in [-0.2, -0.15) is 0 Å². The van der Waals surface area contributed by atoms with E-state index in [1.807, 2.05) is 30.3 Å². The van der Waals surface area contributed by atoms with Crippen molar-refractivity contribution in [2.45, 2.75) is 13.0 Å². The van der Waals surface area contributed by atoms with Crippen LogP contribution in [0.5, 0.6) is 5.75 Å². The summed E-state index contributed by atoms with van der Waals surface area (Å²) in [6.07, 6.45) is 2.45. The Kier molecular flexibility index (Phi) is 4.64. The van der Waals surface area contributed by atoms with Crippen molar-refractivity contribution in [3.63, 3.8) is 0 Å². The maximum Gasteiger partial charge on any atom is 0.323 e. The van der Waals surface area contributed by atoms with E-state index >= 15 is 0 Å². The lowest BCUT2D eigenvalue weighted by Gasteiger charge is -2.20. The molecule has 154 valence electrons. The van der Waals surface area contributed by atoms with Crippen LogP contribution in [0.2, 0.25) is 5.02 Å². The molecule has 0 bridgehead atoms. The van der Waals surface area contributed by atoms with Crippen molar-refractivity contribution >= 4 is 40.5 Å². The van der Waals surface area contributed by atoms with Crippen LogP contribution in [-0.4, -0.2) is 24.6 Å². The molecule has 2 heterocycles. The number of anilines is 4. The Morgan fingerprint density at radius 1 is 1.27 bits per heavy atom. The number of methoxy groups -OCH3 is 1. The Hall–Kier alpha value is -3.45. The molecule has 0 atom stereocenters. The SMILES string of the molecule is [2H]C([2H])([2H])Oc1ccc(Cl)cc1NC(=O)Nc1cccc2c1CCN2Cc1ccnc(N)c1. The van der Waals surface area contributed by atoms with Gasteiger partial charge in [0.05, 0.1) is 16.8 Å². The molecule has 7 nitrogen and oxygen atoms in total. The molecule has 2 amide bonds. The molecule has 0 spiro atoms. The van der Waals surface area contributed by atoms with Gasteiger partial charge in [0, 0.05) is 41.2 Å². The van der Waals surface area contributed by atoms with Gasteiger partial charge in [0.25, 0.3) is 0 Å². The smallest absolute Gasteiger partial charge is 0.323 e. The molecule has 0 saturated heterocycles. The van der Waals surface area contributed by atoms with Crippen LogP contribution in [0.1, 0.15) is 15.2 Å². The zero-order valence-electron chi connectivity index (χ0n) is 19.0. The average Bonchev–Trinajstić information content (AvgIpc) is 3.13. The molecule has 0 saturated carbocycles. The van der Waals surface area contributed by atoms with Crippen LogP contribution in [0.4, 0.5) is 27.7 Å². The van der Waals surface area contributed by atoms with E-state index < -0.39 is 13.1 Å². The summed E-state index contributed by atoms with van der Waals surface area (Å²) in [5.74, 6) is 0.470. The minimum Gasteiger partial charge on any atom is -0.495 e. The van der Waals surface area contributed by atoms with E-state index in [1.54, 1.807) is 6.20 Å². The molecule has 0 fully saturated rings. The number of pyridine rings is 1. The van der Waals surface area contributed by atoms with Crippen molar-refractivity contribution in [3.8, 4) is 5.75 Å². The number of fused-ring (bicyclic) bond motifs is 1. The summed E-state index contributed by atoms with van der Waals surface area (Å²) in [7, 11) is -2.66. The first kappa shape index (κ1) is 16.4. The number of nitrogen functional groups attached to an aromatic ring is 1. The second-order valence-corrected chi connectivity index (χ2v) is 7.32. The molecule has 1 aliphatic heterocycles. The number of ether oxygens (including phenoxy) is 1. The Morgan fingerprint density at radius 3 is 2.97 bits per heavy atom. The van der Waals surface area contributed by atoms with Crippen LogP contribution >= 0.6 is 11.6 Å². The Labute approximate surface area is 184 Å². The normalized spacial score (nSPS) is 14.3. The minimum atomic E-state index is -2.66. The van der Waals surface area contributed by atoms with E-state index in [9.17, 15) is 4.79 Å². The molecule has 4 rings (SSSR count). The number of nitrogens with zero attached hydrogens (tertiary/aromatic N) is 2. The van der Waals surface area contributed by atoms with Gasteiger partial charge in [0.2, 0.25) is 0 Å². The lowest BCUT2D eigenvalue weighted by Crippen LogP contribution is -2.21. The number of amides is 2. The number of halogens is 1. The fourth-order valence-corrected chi connectivity index (χ4v) is 3.73. The van der Waals surface area contributed by atoms with E-state index in [1.165, 1.54) is 18.2 Å². The third-order valence-corrected chi connectivity index (χ3v) is 5.13. The van der Waals surface area contributed by atoms with E-state index in [0.29, 0.717) is 23.1 Å². The summed E-state index contributed by atoms with van der Waals surface area (Å²) in [6, 6.07) is 13.2. The van der Waals surface area contributed by atoms with Crippen molar-refractivity contribution in [1.82, 2.24) is 4.98 Å². The summed E-state index contributed by atoms with van der Waals surface area (Å²) in [4.78, 5) is 19.0. The van der Waals surface area contributed by atoms with E-state index in [-0.39, 0.29) is 11.4 Å². The molecule has 2 aromatic carbocycles. The third kappa shape index (κ3) is 4.26. The van der Waals surface area contributed by atoms with E-state index in [2.05, 4.69) is 20.5 Å². The summed E-state index contributed by atoms with van der Waals surface area (Å²) in [6.45, 7) is 1.47. The van der Waals surface area contributed by atoms with Gasteiger partial charge in [-0.3, -0.25) is 0 Å². The maximum atomic E-state index is 12.7. The summed E-state index contributed by atoms with van der Waals surface area (Å²) in [5.41, 5.74) is 9.70. The molecule has 0 aliphatic carbocycles. The number of carbonyl (C=O) groups excluding carboxylic acids is 1. The number of urea groups is 1. The molecule has 4 N–H and O–H groups in total. The topological polar surface area (TPSA) is 92.5 Å². The first-order chi connectivity index (χ1) is 15.7. The second kappa shape index (κ2) is 8.51. The van der Waals surface area contributed by atoms with E-state index in [0.717, 1.165) is 29.8 Å². The van der Waals surface area contributed by atoms with Gasteiger partial charge < -0.3 is 26.0 Å². The van der Waals surface area contributed by atoms with Gasteiger partial charge in [0.15, 0.2) is 0 Å². The van der Waals surface area contributed by atoms with Gasteiger partial charge in [0.1, 0.15) is 11.6 Å². The monoisotopic (exact) mass is 426 g/mol. The summed E-state index contributed by atoms with van der Waals surface area (Å²) in [5, 5.41) is 5.80. The van der Waals surface area contributed by atoms with Crippen LogP contribution in [0.3, 0.4) is 0 Å². The number of hydrogen-bond donors (Lipinski definition) is 3. The van der Waals surface area contributed by atoms with Crippen molar-refractivity contribution in [1.29, 1.82) is 0 Å². The molecule has 30 heavy (non-hydrogen) atoms. The lowest BCUT2D eigenvalue weighted by atomic mass is 10.1. The van der Waals surface area contributed by atoms with E-state index in [4.69, 9.17) is 26.2 Å². The maximum absolute atomic E-state index is 12.7. The number of nitrogens with one attached hydrogen (secondary N) is 2. The first-order valence-corrected chi connectivity index (χ1v) is 9.69. The van der Waals surface area contributed by atoms with Gasteiger partial charge in [-0.15, -0.1) is 0 Å². The molecule has 3 aromatic rings. The predicted molar refractivity (Wildman–Crippen MR) is 120 cm³/mol. The molecule has 0 unspecified atom stereocenters. The van der Waals surface area contributed by atoms with Crippen molar-refractivity contribution in [3.05, 3.63) is 70.9 Å². The highest BCUT2D eigenvalue weighted by atomic mass is 35.5. The number of hydrogen-bond acceptors (Lipinski definition) is 5. The molecule has 0 radical (unpaired) electrons. The highest BCUT2D eigenvalue weighted by Crippen LogP contribution is 2.35. The second-order valence-electron chi connectivity index (χ2n) is 6.89. The fraction of sp³-hybridized carbons (Fsp3) is 0.182. The average molecular weight is 427 g/mol. The van der Waals surface area contributed by atoms with Crippen LogP contribution in [0.25, 0.3) is 0 Å². The predicted octanol–water partition coefficient (Wildman–Crippen LogP) is 4.53. The zero-order chi connectivity index (χ0) is 23.6. The van der Waals surface area contributed by atoms with Crippen LogP contribution in [-0.2, 0) is 13.0 Å². The highest BCUT2D eigenvalue weighted by molar-refractivity contribution is 6.31. The largest absolute Gasteiger partial charge is 0.495 e. The fourth-order valence-electron chi connectivity index (χ4n) is 3.56. The van der Waals surface area contributed by atoms with Gasteiger partial charge in [-0.1, -0.05) is 17.7 Å². The standard InChI is InChI=1S/C22H22ClN5O2/c1-30-20-6-5-15(23)12-18(20)27-22(29)26-17-3-2-4-19-16(17)8-10-28(19)13-14-7-9-25-21(24)11-14/h2-7,9,11-12H,8,10,13H2,1H3,(H2,24,25)(H2,26,27,29)/i1D3. The van der Waals surface area contributed by atoms with Crippen molar-refractivity contribution < 1.29 is 13.6 Å². The molecule has 8 heteroatoms. The first-order valence-electron chi connectivity index (χ1n) is 10.8. The van der Waals surface area contributed by atoms with Crippen LogP contribution in [0.15, 0.2) is 54.7 Å². The number of benzene rings is 2. The summed E-state index contributed by atoms with van der Waals surface area (Å²) >= 11 is 6.02. The Bertz CT molecular complexity index is 1190. The van der Waals surface area contributed by atoms with Gasteiger partial charge in [-0.25, -0.2) is 9.78 Å². The molecular formula is C22H22ClN5O2.